The summed E-state index contributed by atoms with van der Waals surface area (Å²) in [5, 5.41) is 25.0. The predicted molar refractivity (Wildman–Crippen MR) is 141 cm³/mol. The first-order chi connectivity index (χ1) is 16.4. The van der Waals surface area contributed by atoms with Crippen molar-refractivity contribution in [1.82, 2.24) is 4.98 Å². The van der Waals surface area contributed by atoms with E-state index in [-0.39, 0.29) is 18.1 Å². The van der Waals surface area contributed by atoms with Crippen LogP contribution in [0.3, 0.4) is 0 Å². The molecule has 6 nitrogen and oxygen atoms in total. The highest BCUT2D eigenvalue weighted by atomic mass is 35.5. The van der Waals surface area contributed by atoms with Crippen LogP contribution in [0.4, 0.5) is 0 Å². The summed E-state index contributed by atoms with van der Waals surface area (Å²) in [5.74, 6) is -1.54. The Morgan fingerprint density at radius 3 is 2.60 bits per heavy atom. The van der Waals surface area contributed by atoms with Crippen LogP contribution in [0.2, 0.25) is 0 Å². The standard InChI is InChI=1S/C27H40ClNO5S/c1-7-20-25(32)17(3)10-8-9-16(2)11-12-22(21(28)13-19-15-35-18(4)29-19)34-24(31)14-23(30)27(5,6)26(20)33/h11,13,15,17,20,22-23,25,30,32H,7-10,12,14H2,1-6H3/b16-11-,21-13-/t17-,20+,22-,23+,25-/m0/s1. The minimum atomic E-state index is -1.26. The van der Waals surface area contributed by atoms with Crippen LogP contribution in [0.25, 0.3) is 6.08 Å². The second kappa shape index (κ2) is 13.1. The van der Waals surface area contributed by atoms with E-state index in [1.807, 2.05) is 39.2 Å². The summed E-state index contributed by atoms with van der Waals surface area (Å²) in [6.45, 7) is 11.0. The number of nitrogens with zero attached hydrogens (tertiary/aromatic N) is 1. The first-order valence-electron chi connectivity index (χ1n) is 12.4. The normalized spacial score (nSPS) is 31.5. The molecule has 0 amide bonds. The van der Waals surface area contributed by atoms with Crippen LogP contribution in [0, 0.1) is 24.2 Å². The van der Waals surface area contributed by atoms with Crippen LogP contribution in [0.5, 0.6) is 0 Å². The number of Topliss-reactive ketones (excluding diaryl/α,β-unsaturated/α-hetero) is 1. The van der Waals surface area contributed by atoms with E-state index in [0.29, 0.717) is 23.6 Å². The third-order valence-electron chi connectivity index (χ3n) is 7.01. The van der Waals surface area contributed by atoms with Gasteiger partial charge in [0.25, 0.3) is 0 Å². The van der Waals surface area contributed by atoms with Crippen LogP contribution in [0.1, 0.15) is 83.8 Å². The molecule has 1 aliphatic heterocycles. The van der Waals surface area contributed by atoms with Gasteiger partial charge in [-0.15, -0.1) is 11.3 Å². The molecule has 1 aromatic heterocycles. The molecule has 35 heavy (non-hydrogen) atoms. The number of cyclic esters (lactones) is 1. The predicted octanol–water partition coefficient (Wildman–Crippen LogP) is 5.83. The number of aliphatic hydroxyl groups excluding tert-OH is 2. The number of esters is 1. The molecule has 0 saturated carbocycles. The lowest BCUT2D eigenvalue weighted by Gasteiger charge is -2.35. The zero-order chi connectivity index (χ0) is 26.3. The summed E-state index contributed by atoms with van der Waals surface area (Å²) in [7, 11) is 0. The molecule has 1 aliphatic rings. The fourth-order valence-electron chi connectivity index (χ4n) is 4.42. The summed E-state index contributed by atoms with van der Waals surface area (Å²) in [5.41, 5.74) is 0.616. The van der Waals surface area contributed by atoms with Gasteiger partial charge in [0.2, 0.25) is 0 Å². The average Bonchev–Trinajstić information content (AvgIpc) is 3.20. The molecular formula is C27H40ClNO5S. The third kappa shape index (κ3) is 8.24. The molecule has 0 radical (unpaired) electrons. The molecule has 0 aromatic carbocycles. The maximum Gasteiger partial charge on any atom is 0.309 e. The Morgan fingerprint density at radius 2 is 2.00 bits per heavy atom. The molecule has 196 valence electrons. The van der Waals surface area contributed by atoms with Gasteiger partial charge in [0.15, 0.2) is 0 Å². The number of aryl methyl sites for hydroxylation is 1. The topological polar surface area (TPSA) is 96.7 Å². The van der Waals surface area contributed by atoms with E-state index in [9.17, 15) is 19.8 Å². The lowest BCUT2D eigenvalue weighted by molar-refractivity contribution is -0.154. The molecule has 2 rings (SSSR count). The Labute approximate surface area is 218 Å². The highest BCUT2D eigenvalue weighted by molar-refractivity contribution is 7.09. The van der Waals surface area contributed by atoms with Gasteiger partial charge in [-0.05, 0) is 51.5 Å². The van der Waals surface area contributed by atoms with Gasteiger partial charge in [0.05, 0.1) is 39.8 Å². The summed E-state index contributed by atoms with van der Waals surface area (Å²) in [6, 6.07) is 0. The number of allylic oxidation sites excluding steroid dienone is 1. The van der Waals surface area contributed by atoms with Crippen LogP contribution >= 0.6 is 22.9 Å². The largest absolute Gasteiger partial charge is 0.456 e. The smallest absolute Gasteiger partial charge is 0.309 e. The minimum Gasteiger partial charge on any atom is -0.456 e. The van der Waals surface area contributed by atoms with E-state index in [0.717, 1.165) is 29.8 Å². The van der Waals surface area contributed by atoms with E-state index >= 15 is 0 Å². The van der Waals surface area contributed by atoms with Crippen molar-refractivity contribution in [3.8, 4) is 0 Å². The fourth-order valence-corrected chi connectivity index (χ4v) is 5.24. The van der Waals surface area contributed by atoms with Crippen molar-refractivity contribution in [2.24, 2.45) is 17.3 Å². The molecular weight excluding hydrogens is 486 g/mol. The number of aromatic nitrogens is 1. The highest BCUT2D eigenvalue weighted by Crippen LogP contribution is 2.34. The van der Waals surface area contributed by atoms with Gasteiger partial charge in [-0.3, -0.25) is 9.59 Å². The maximum atomic E-state index is 13.4. The summed E-state index contributed by atoms with van der Waals surface area (Å²) in [6.07, 6.45) is 3.93. The monoisotopic (exact) mass is 525 g/mol. The first kappa shape index (κ1) is 29.7. The number of rotatable bonds is 3. The zero-order valence-electron chi connectivity index (χ0n) is 21.7. The SMILES string of the molecule is CC[C@H]1C(=O)C(C)(C)[C@H](O)CC(=O)O[C@H](/C(Cl)=C/c2csc(C)n2)C/C=C(/C)CCC[C@H](C)[C@@H]1O. The van der Waals surface area contributed by atoms with Crippen LogP contribution in [-0.4, -0.2) is 45.3 Å². The molecule has 0 aliphatic carbocycles. The summed E-state index contributed by atoms with van der Waals surface area (Å²) in [4.78, 5) is 30.6. The van der Waals surface area contributed by atoms with Crippen molar-refractivity contribution in [3.05, 3.63) is 32.8 Å². The number of aliphatic hydroxyl groups is 2. The van der Waals surface area contributed by atoms with Gasteiger partial charge >= 0.3 is 5.97 Å². The van der Waals surface area contributed by atoms with E-state index < -0.39 is 35.6 Å². The Kier molecular flexibility index (Phi) is 11.1. The molecule has 1 aromatic rings. The minimum absolute atomic E-state index is 0.0609. The van der Waals surface area contributed by atoms with Crippen LogP contribution in [-0.2, 0) is 14.3 Å². The Bertz CT molecular complexity index is 938. The number of ether oxygens (including phenoxy) is 1. The van der Waals surface area contributed by atoms with E-state index in [1.54, 1.807) is 19.9 Å². The Balaban J connectivity index is 2.35. The number of hydrogen-bond acceptors (Lipinski definition) is 7. The van der Waals surface area contributed by atoms with E-state index in [2.05, 4.69) is 4.98 Å². The Morgan fingerprint density at radius 1 is 1.31 bits per heavy atom. The van der Waals surface area contributed by atoms with Gasteiger partial charge in [0, 0.05) is 17.7 Å². The number of hydrogen-bond donors (Lipinski definition) is 2. The molecule has 2 N–H and O–H groups in total. The second-order valence-corrected chi connectivity index (χ2v) is 11.8. The molecule has 5 atom stereocenters. The van der Waals surface area contributed by atoms with Crippen molar-refractivity contribution in [2.75, 3.05) is 0 Å². The van der Waals surface area contributed by atoms with Crippen molar-refractivity contribution in [3.63, 3.8) is 0 Å². The number of thiazole rings is 1. The zero-order valence-corrected chi connectivity index (χ0v) is 23.3. The second-order valence-electron chi connectivity index (χ2n) is 10.3. The summed E-state index contributed by atoms with van der Waals surface area (Å²) < 4.78 is 5.70. The number of halogens is 1. The molecule has 0 unspecified atom stereocenters. The summed E-state index contributed by atoms with van der Waals surface area (Å²) >= 11 is 8.09. The molecule has 0 fully saturated rings. The quantitative estimate of drug-likeness (QED) is 0.380. The number of carbonyl (C=O) groups excluding carboxylic acids is 2. The number of carbonyl (C=O) groups is 2. The molecule has 8 heteroatoms. The van der Waals surface area contributed by atoms with Crippen molar-refractivity contribution in [1.29, 1.82) is 0 Å². The van der Waals surface area contributed by atoms with E-state index in [4.69, 9.17) is 16.3 Å². The van der Waals surface area contributed by atoms with E-state index in [1.165, 1.54) is 11.3 Å². The van der Waals surface area contributed by atoms with Gasteiger partial charge in [-0.2, -0.15) is 0 Å². The van der Waals surface area contributed by atoms with Crippen LogP contribution < -0.4 is 0 Å². The van der Waals surface area contributed by atoms with Crippen molar-refractivity contribution >= 4 is 40.8 Å². The van der Waals surface area contributed by atoms with Crippen LogP contribution in [0.15, 0.2) is 22.1 Å². The fraction of sp³-hybridized carbons (Fsp3) is 0.667. The molecule has 0 saturated heterocycles. The molecule has 0 bridgehead atoms. The molecule has 2 heterocycles. The van der Waals surface area contributed by atoms with Gasteiger partial charge in [-0.25, -0.2) is 4.98 Å². The van der Waals surface area contributed by atoms with Crippen molar-refractivity contribution in [2.45, 2.75) is 98.4 Å². The van der Waals surface area contributed by atoms with Gasteiger partial charge in [0.1, 0.15) is 11.9 Å². The lowest BCUT2D eigenvalue weighted by atomic mass is 9.71. The van der Waals surface area contributed by atoms with Gasteiger partial charge in [-0.1, -0.05) is 50.9 Å². The molecule has 0 spiro atoms. The van der Waals surface area contributed by atoms with Crippen molar-refractivity contribution < 1.29 is 24.5 Å². The number of ketones is 1. The third-order valence-corrected chi connectivity index (χ3v) is 8.16. The first-order valence-corrected chi connectivity index (χ1v) is 13.7. The Hall–Kier alpha value is -1.54. The average molecular weight is 526 g/mol. The maximum absolute atomic E-state index is 13.4. The van der Waals surface area contributed by atoms with Gasteiger partial charge < -0.3 is 14.9 Å². The highest BCUT2D eigenvalue weighted by Gasteiger charge is 2.43. The lowest BCUT2D eigenvalue weighted by Crippen LogP contribution is -2.46.